The van der Waals surface area contributed by atoms with Gasteiger partial charge >= 0.3 is 0 Å². The van der Waals surface area contributed by atoms with Crippen LogP contribution in [0.4, 0.5) is 0 Å². The Kier molecular flexibility index (Phi) is 3.20. The van der Waals surface area contributed by atoms with Crippen molar-refractivity contribution in [2.75, 3.05) is 13.6 Å². The number of piperidine rings is 1. The van der Waals surface area contributed by atoms with Gasteiger partial charge in [-0.25, -0.2) is 0 Å². The van der Waals surface area contributed by atoms with E-state index in [2.05, 4.69) is 18.9 Å². The maximum atomic E-state index is 3.89. The van der Waals surface area contributed by atoms with E-state index in [9.17, 15) is 0 Å². The van der Waals surface area contributed by atoms with Gasteiger partial charge in [0.1, 0.15) is 0 Å². The van der Waals surface area contributed by atoms with Crippen molar-refractivity contribution in [3.63, 3.8) is 0 Å². The van der Waals surface area contributed by atoms with Crippen LogP contribution in [0.25, 0.3) is 0 Å². The lowest BCUT2D eigenvalue weighted by molar-refractivity contribution is 0.177. The van der Waals surface area contributed by atoms with E-state index in [4.69, 9.17) is 0 Å². The molecule has 1 heterocycles. The van der Waals surface area contributed by atoms with Crippen molar-refractivity contribution in [3.05, 3.63) is 6.92 Å². The Hall–Kier alpha value is -0.0400. The Morgan fingerprint density at radius 1 is 1.50 bits per heavy atom. The third-order valence-corrected chi connectivity index (χ3v) is 2.46. The Bertz CT molecular complexity index is 88.7. The van der Waals surface area contributed by atoms with Crippen molar-refractivity contribution in [1.29, 1.82) is 0 Å². The Morgan fingerprint density at radius 3 is 2.90 bits per heavy atom. The van der Waals surface area contributed by atoms with Gasteiger partial charge in [0.2, 0.25) is 0 Å². The van der Waals surface area contributed by atoms with E-state index in [1.54, 1.807) is 0 Å². The maximum absolute atomic E-state index is 3.89. The van der Waals surface area contributed by atoms with Crippen molar-refractivity contribution in [2.24, 2.45) is 0 Å². The number of hydrogen-bond acceptors (Lipinski definition) is 1. The SMILES string of the molecule is [CH2]CCC1CCCCN1C. The molecule has 1 nitrogen and oxygen atoms in total. The Balaban J connectivity index is 2.25. The van der Waals surface area contributed by atoms with E-state index in [0.717, 1.165) is 12.5 Å². The molecule has 1 fully saturated rings. The highest BCUT2D eigenvalue weighted by molar-refractivity contribution is 4.73. The van der Waals surface area contributed by atoms with Crippen molar-refractivity contribution in [3.8, 4) is 0 Å². The predicted molar refractivity (Wildman–Crippen MR) is 44.9 cm³/mol. The maximum Gasteiger partial charge on any atom is 0.00922 e. The summed E-state index contributed by atoms with van der Waals surface area (Å²) in [4.78, 5) is 2.48. The van der Waals surface area contributed by atoms with Crippen LogP contribution in [0.1, 0.15) is 32.1 Å². The van der Waals surface area contributed by atoms with Crippen molar-refractivity contribution in [1.82, 2.24) is 4.90 Å². The molecule has 0 aromatic heterocycles. The molecule has 1 aliphatic heterocycles. The lowest BCUT2D eigenvalue weighted by Gasteiger charge is -2.32. The number of hydrogen-bond donors (Lipinski definition) is 0. The van der Waals surface area contributed by atoms with Gasteiger partial charge in [0.15, 0.2) is 0 Å². The minimum Gasteiger partial charge on any atom is -0.303 e. The summed E-state index contributed by atoms with van der Waals surface area (Å²) >= 11 is 0. The van der Waals surface area contributed by atoms with Gasteiger partial charge in [-0.3, -0.25) is 0 Å². The molecule has 1 atom stereocenters. The fourth-order valence-corrected chi connectivity index (χ4v) is 1.74. The summed E-state index contributed by atoms with van der Waals surface area (Å²) in [6.07, 6.45) is 6.59. The highest BCUT2D eigenvalue weighted by Gasteiger charge is 2.16. The van der Waals surface area contributed by atoms with Crippen LogP contribution in [0.15, 0.2) is 0 Å². The van der Waals surface area contributed by atoms with Crippen LogP contribution >= 0.6 is 0 Å². The van der Waals surface area contributed by atoms with E-state index in [1.165, 1.54) is 32.2 Å². The van der Waals surface area contributed by atoms with Crippen LogP contribution in [0.3, 0.4) is 0 Å². The highest BCUT2D eigenvalue weighted by atomic mass is 15.1. The largest absolute Gasteiger partial charge is 0.303 e. The van der Waals surface area contributed by atoms with Crippen molar-refractivity contribution in [2.45, 2.75) is 38.1 Å². The molecule has 0 N–H and O–H groups in total. The second-order valence-electron chi connectivity index (χ2n) is 3.27. The second kappa shape index (κ2) is 3.97. The van der Waals surface area contributed by atoms with Crippen LogP contribution in [0, 0.1) is 6.92 Å². The van der Waals surface area contributed by atoms with Gasteiger partial charge in [-0.05, 0) is 32.9 Å². The van der Waals surface area contributed by atoms with E-state index < -0.39 is 0 Å². The van der Waals surface area contributed by atoms with Gasteiger partial charge < -0.3 is 4.90 Å². The molecule has 0 saturated carbocycles. The quantitative estimate of drug-likeness (QED) is 0.567. The average Bonchev–Trinajstić information content (AvgIpc) is 1.94. The van der Waals surface area contributed by atoms with Crippen molar-refractivity contribution >= 4 is 0 Å². The van der Waals surface area contributed by atoms with Gasteiger partial charge in [0.05, 0.1) is 0 Å². The van der Waals surface area contributed by atoms with E-state index in [0.29, 0.717) is 0 Å². The monoisotopic (exact) mass is 140 g/mol. The molecule has 59 valence electrons. The van der Waals surface area contributed by atoms with Gasteiger partial charge in [-0.2, -0.15) is 0 Å². The molecule has 0 spiro atoms. The van der Waals surface area contributed by atoms with E-state index >= 15 is 0 Å². The lowest BCUT2D eigenvalue weighted by Crippen LogP contribution is -2.35. The zero-order valence-corrected chi connectivity index (χ0v) is 6.97. The normalized spacial score (nSPS) is 28.8. The zero-order valence-electron chi connectivity index (χ0n) is 6.97. The standard InChI is InChI=1S/C9H18N/c1-3-6-9-7-4-5-8-10(9)2/h9H,1,3-8H2,2H3. The molecule has 1 saturated heterocycles. The zero-order chi connectivity index (χ0) is 7.40. The molecule has 1 aliphatic rings. The fourth-order valence-electron chi connectivity index (χ4n) is 1.74. The first-order valence-corrected chi connectivity index (χ1v) is 4.34. The Labute approximate surface area is 64.4 Å². The highest BCUT2D eigenvalue weighted by Crippen LogP contribution is 2.18. The molecule has 1 rings (SSSR count). The molecule has 10 heavy (non-hydrogen) atoms. The summed E-state index contributed by atoms with van der Waals surface area (Å²) in [7, 11) is 2.24. The van der Waals surface area contributed by atoms with Gasteiger partial charge in [0, 0.05) is 6.04 Å². The first kappa shape index (κ1) is 8.06. The number of likely N-dealkylation sites (tertiary alicyclic amines) is 1. The van der Waals surface area contributed by atoms with E-state index in [1.807, 2.05) is 0 Å². The lowest BCUT2D eigenvalue weighted by atomic mass is 9.99. The molecule has 0 aromatic carbocycles. The van der Waals surface area contributed by atoms with Crippen LogP contribution in [0.2, 0.25) is 0 Å². The minimum absolute atomic E-state index is 0.839. The molecular weight excluding hydrogens is 122 g/mol. The van der Waals surface area contributed by atoms with Crippen LogP contribution in [-0.2, 0) is 0 Å². The minimum atomic E-state index is 0.839. The summed E-state index contributed by atoms with van der Waals surface area (Å²) in [5.74, 6) is 0. The summed E-state index contributed by atoms with van der Waals surface area (Å²) < 4.78 is 0. The Morgan fingerprint density at radius 2 is 2.30 bits per heavy atom. The molecule has 1 unspecified atom stereocenters. The third kappa shape index (κ3) is 1.98. The summed E-state index contributed by atoms with van der Waals surface area (Å²) in [6, 6.07) is 0.839. The summed E-state index contributed by atoms with van der Waals surface area (Å²) in [5, 5.41) is 0. The number of rotatable bonds is 2. The molecule has 1 radical (unpaired) electrons. The second-order valence-corrected chi connectivity index (χ2v) is 3.27. The molecule has 0 amide bonds. The fraction of sp³-hybridized carbons (Fsp3) is 0.889. The first-order valence-electron chi connectivity index (χ1n) is 4.34. The number of nitrogens with zero attached hydrogens (tertiary/aromatic N) is 1. The van der Waals surface area contributed by atoms with Gasteiger partial charge in [-0.15, -0.1) is 0 Å². The van der Waals surface area contributed by atoms with Crippen LogP contribution in [-0.4, -0.2) is 24.5 Å². The molecular formula is C9H18N. The van der Waals surface area contributed by atoms with Crippen molar-refractivity contribution < 1.29 is 0 Å². The van der Waals surface area contributed by atoms with Gasteiger partial charge in [-0.1, -0.05) is 19.8 Å². The summed E-state index contributed by atoms with van der Waals surface area (Å²) in [6.45, 7) is 5.18. The van der Waals surface area contributed by atoms with Crippen LogP contribution in [0.5, 0.6) is 0 Å². The molecule has 0 aromatic rings. The first-order chi connectivity index (χ1) is 4.84. The van der Waals surface area contributed by atoms with E-state index in [-0.39, 0.29) is 0 Å². The average molecular weight is 140 g/mol. The molecule has 0 bridgehead atoms. The topological polar surface area (TPSA) is 3.24 Å². The predicted octanol–water partition coefficient (Wildman–Crippen LogP) is 2.08. The molecule has 0 aliphatic carbocycles. The third-order valence-electron chi connectivity index (χ3n) is 2.46. The van der Waals surface area contributed by atoms with Crippen LogP contribution < -0.4 is 0 Å². The molecule has 1 heteroatoms. The van der Waals surface area contributed by atoms with Gasteiger partial charge in [0.25, 0.3) is 0 Å². The summed E-state index contributed by atoms with van der Waals surface area (Å²) in [5.41, 5.74) is 0. The smallest absolute Gasteiger partial charge is 0.00922 e.